The van der Waals surface area contributed by atoms with Crippen molar-refractivity contribution in [3.63, 3.8) is 0 Å². The molecule has 0 aromatic heterocycles. The van der Waals surface area contributed by atoms with Gasteiger partial charge in [0, 0.05) is 5.92 Å². The van der Waals surface area contributed by atoms with Crippen LogP contribution in [0.2, 0.25) is 0 Å². The van der Waals surface area contributed by atoms with Crippen molar-refractivity contribution < 1.29 is 0 Å². The molecule has 0 bridgehead atoms. The van der Waals surface area contributed by atoms with Crippen molar-refractivity contribution in [3.05, 3.63) is 77.4 Å². The molecule has 1 aromatic carbocycles. The quantitative estimate of drug-likeness (QED) is 0.667. The minimum absolute atomic E-state index is 0.551. The number of hydrogen-bond acceptors (Lipinski definition) is 0. The molecule has 20 heavy (non-hydrogen) atoms. The third-order valence-corrected chi connectivity index (χ3v) is 4.31. The van der Waals surface area contributed by atoms with Gasteiger partial charge in [0.25, 0.3) is 0 Å². The molecule has 1 unspecified atom stereocenters. The second-order valence-corrected chi connectivity index (χ2v) is 5.54. The summed E-state index contributed by atoms with van der Waals surface area (Å²) in [6.45, 7) is 2.28. The van der Waals surface area contributed by atoms with Crippen molar-refractivity contribution in [2.24, 2.45) is 0 Å². The largest absolute Gasteiger partial charge is 0.0842 e. The predicted octanol–water partition coefficient (Wildman–Crippen LogP) is 5.58. The monoisotopic (exact) mass is 262 g/mol. The van der Waals surface area contributed by atoms with Gasteiger partial charge in [-0.2, -0.15) is 0 Å². The molecule has 2 aliphatic carbocycles. The molecule has 0 N–H and O–H groups in total. The van der Waals surface area contributed by atoms with Gasteiger partial charge in [0.05, 0.1) is 0 Å². The fourth-order valence-corrected chi connectivity index (χ4v) is 3.29. The zero-order chi connectivity index (χ0) is 13.8. The molecule has 0 saturated carbocycles. The summed E-state index contributed by atoms with van der Waals surface area (Å²) in [4.78, 5) is 0. The van der Waals surface area contributed by atoms with Gasteiger partial charge in [-0.05, 0) is 47.9 Å². The third-order valence-electron chi connectivity index (χ3n) is 4.31. The highest BCUT2D eigenvalue weighted by atomic mass is 14.2. The highest BCUT2D eigenvalue weighted by Crippen LogP contribution is 2.34. The Labute approximate surface area is 122 Å². The number of hydrogen-bond donors (Lipinski definition) is 0. The number of allylic oxidation sites excluding steroid dienone is 8. The van der Waals surface area contributed by atoms with Crippen LogP contribution >= 0.6 is 0 Å². The van der Waals surface area contributed by atoms with Gasteiger partial charge in [0.1, 0.15) is 0 Å². The van der Waals surface area contributed by atoms with Crippen molar-refractivity contribution in [1.82, 2.24) is 0 Å². The van der Waals surface area contributed by atoms with Crippen LogP contribution in [0.4, 0.5) is 0 Å². The van der Waals surface area contributed by atoms with E-state index in [4.69, 9.17) is 0 Å². The first-order chi connectivity index (χ1) is 9.90. The van der Waals surface area contributed by atoms with Crippen LogP contribution < -0.4 is 0 Å². The minimum atomic E-state index is 0.551. The first-order valence-corrected chi connectivity index (χ1v) is 7.71. The van der Waals surface area contributed by atoms with Gasteiger partial charge in [0.2, 0.25) is 0 Å². The van der Waals surface area contributed by atoms with Crippen LogP contribution in [0.5, 0.6) is 0 Å². The average Bonchev–Trinajstić information content (AvgIpc) is 2.55. The van der Waals surface area contributed by atoms with E-state index in [2.05, 4.69) is 67.7 Å². The molecule has 3 rings (SSSR count). The van der Waals surface area contributed by atoms with Crippen LogP contribution in [0.25, 0.3) is 5.57 Å². The molecular formula is C20H22. The van der Waals surface area contributed by atoms with Gasteiger partial charge in [-0.1, -0.05) is 67.7 Å². The number of benzene rings is 1. The summed E-state index contributed by atoms with van der Waals surface area (Å²) in [7, 11) is 0. The van der Waals surface area contributed by atoms with Crippen LogP contribution in [0.1, 0.15) is 48.8 Å². The molecule has 0 heteroatoms. The molecule has 102 valence electrons. The van der Waals surface area contributed by atoms with E-state index in [-0.39, 0.29) is 0 Å². The first kappa shape index (κ1) is 13.2. The van der Waals surface area contributed by atoms with Crippen molar-refractivity contribution in [2.75, 3.05) is 0 Å². The lowest BCUT2D eigenvalue weighted by Crippen LogP contribution is -2.04. The van der Waals surface area contributed by atoms with Crippen LogP contribution in [0.15, 0.2) is 60.7 Å². The average molecular weight is 262 g/mol. The summed E-state index contributed by atoms with van der Waals surface area (Å²) in [6.07, 6.45) is 20.3. The Morgan fingerprint density at radius 1 is 1.10 bits per heavy atom. The molecule has 2 aliphatic rings. The standard InChI is InChI=1S/C20H22/c1-2-18-19(16-10-5-3-6-11-16)14-9-15-20(18)17-12-7-4-8-13-17/h3-7,9-10,12,14-16H,2,8,11,13H2,1H3. The van der Waals surface area contributed by atoms with E-state index in [0.29, 0.717) is 5.92 Å². The lowest BCUT2D eigenvalue weighted by molar-refractivity contribution is 0.833. The molecular weight excluding hydrogens is 240 g/mol. The third kappa shape index (κ3) is 2.56. The van der Waals surface area contributed by atoms with E-state index in [1.165, 1.54) is 29.5 Å². The second-order valence-electron chi connectivity index (χ2n) is 5.54. The Bertz CT molecular complexity index is 596. The second kappa shape index (κ2) is 6.09. The summed E-state index contributed by atoms with van der Waals surface area (Å²) in [5.41, 5.74) is 6.03. The molecule has 1 aromatic rings. The molecule has 1 atom stereocenters. The van der Waals surface area contributed by atoms with Gasteiger partial charge in [-0.25, -0.2) is 0 Å². The molecule has 0 heterocycles. The minimum Gasteiger partial charge on any atom is -0.0842 e. The maximum absolute atomic E-state index is 2.34. The summed E-state index contributed by atoms with van der Waals surface area (Å²) < 4.78 is 0. The SMILES string of the molecule is CCc1c(C2=CC=CCC2)cccc1C1C=CC=CC1. The molecule has 0 radical (unpaired) electrons. The van der Waals surface area contributed by atoms with Crippen molar-refractivity contribution >= 4 is 5.57 Å². The maximum Gasteiger partial charge on any atom is 0.00586 e. The maximum atomic E-state index is 2.34. The lowest BCUT2D eigenvalue weighted by atomic mass is 9.83. The molecule has 0 fully saturated rings. The van der Waals surface area contributed by atoms with Crippen molar-refractivity contribution in [2.45, 2.75) is 38.5 Å². The van der Waals surface area contributed by atoms with Crippen LogP contribution in [0, 0.1) is 0 Å². The van der Waals surface area contributed by atoms with Gasteiger partial charge in [-0.15, -0.1) is 0 Å². The van der Waals surface area contributed by atoms with Crippen LogP contribution in [-0.4, -0.2) is 0 Å². The predicted molar refractivity (Wildman–Crippen MR) is 87.8 cm³/mol. The highest BCUT2D eigenvalue weighted by molar-refractivity contribution is 5.72. The topological polar surface area (TPSA) is 0 Å². The molecule has 0 amide bonds. The van der Waals surface area contributed by atoms with E-state index in [1.807, 2.05) is 0 Å². The summed E-state index contributed by atoms with van der Waals surface area (Å²) in [5, 5.41) is 0. The fraction of sp³-hybridized carbons (Fsp3) is 0.300. The van der Waals surface area contributed by atoms with Gasteiger partial charge < -0.3 is 0 Å². The van der Waals surface area contributed by atoms with Crippen LogP contribution in [0.3, 0.4) is 0 Å². The Hall–Kier alpha value is -1.82. The zero-order valence-corrected chi connectivity index (χ0v) is 12.2. The van der Waals surface area contributed by atoms with Gasteiger partial charge >= 0.3 is 0 Å². The van der Waals surface area contributed by atoms with E-state index >= 15 is 0 Å². The highest BCUT2D eigenvalue weighted by Gasteiger charge is 2.16. The van der Waals surface area contributed by atoms with E-state index in [9.17, 15) is 0 Å². The smallest absolute Gasteiger partial charge is 0.00586 e. The Kier molecular flexibility index (Phi) is 4.01. The Morgan fingerprint density at radius 2 is 2.05 bits per heavy atom. The van der Waals surface area contributed by atoms with E-state index < -0.39 is 0 Å². The molecule has 0 spiro atoms. The van der Waals surface area contributed by atoms with E-state index in [0.717, 1.165) is 12.8 Å². The Morgan fingerprint density at radius 3 is 2.75 bits per heavy atom. The fourth-order valence-electron chi connectivity index (χ4n) is 3.29. The summed E-state index contributed by atoms with van der Waals surface area (Å²) >= 11 is 0. The Balaban J connectivity index is 2.03. The molecule has 0 saturated heterocycles. The van der Waals surface area contributed by atoms with Crippen molar-refractivity contribution in [1.29, 1.82) is 0 Å². The van der Waals surface area contributed by atoms with Crippen LogP contribution in [-0.2, 0) is 6.42 Å². The normalized spacial score (nSPS) is 21.1. The first-order valence-electron chi connectivity index (χ1n) is 7.71. The molecule has 0 aliphatic heterocycles. The van der Waals surface area contributed by atoms with Gasteiger partial charge in [0.15, 0.2) is 0 Å². The summed E-state index contributed by atoms with van der Waals surface area (Å²) in [5.74, 6) is 0.551. The number of rotatable bonds is 3. The van der Waals surface area contributed by atoms with E-state index in [1.54, 1.807) is 5.56 Å². The zero-order valence-electron chi connectivity index (χ0n) is 12.2. The lowest BCUT2D eigenvalue weighted by Gasteiger charge is -2.22. The van der Waals surface area contributed by atoms with Crippen molar-refractivity contribution in [3.8, 4) is 0 Å². The molecule has 0 nitrogen and oxygen atoms in total. The van der Waals surface area contributed by atoms with Gasteiger partial charge in [-0.3, -0.25) is 0 Å². The summed E-state index contributed by atoms with van der Waals surface area (Å²) in [6, 6.07) is 6.85.